The molecule has 0 saturated carbocycles. The maximum absolute atomic E-state index is 8.65. The van der Waals surface area contributed by atoms with E-state index in [0.717, 1.165) is 38.0 Å². The van der Waals surface area contributed by atoms with Crippen molar-refractivity contribution in [2.75, 3.05) is 20.1 Å². The molecule has 1 aromatic carbocycles. The number of benzene rings is 1. The van der Waals surface area contributed by atoms with Crippen molar-refractivity contribution in [2.24, 2.45) is 10.9 Å². The minimum Gasteiger partial charge on any atom is -0.409 e. The van der Waals surface area contributed by atoms with E-state index in [4.69, 9.17) is 22.5 Å². The Balaban J connectivity index is 1.93. The summed E-state index contributed by atoms with van der Waals surface area (Å²) in [5.41, 5.74) is 7.19. The summed E-state index contributed by atoms with van der Waals surface area (Å²) in [4.78, 5) is 2.34. The molecule has 4 N–H and O–H groups in total. The predicted octanol–water partition coefficient (Wildman–Crippen LogP) is 1.62. The summed E-state index contributed by atoms with van der Waals surface area (Å²) in [5.74, 6) is 0.0710. The van der Waals surface area contributed by atoms with Crippen molar-refractivity contribution in [2.45, 2.75) is 25.4 Å². The first-order chi connectivity index (χ1) is 9.60. The zero-order valence-electron chi connectivity index (χ0n) is 11.6. The molecule has 1 aliphatic rings. The van der Waals surface area contributed by atoms with Crippen molar-refractivity contribution in [3.05, 3.63) is 34.3 Å². The maximum Gasteiger partial charge on any atom is 0.170 e. The molecule has 0 spiro atoms. The highest BCUT2D eigenvalue weighted by Gasteiger charge is 2.16. The highest BCUT2D eigenvalue weighted by Crippen LogP contribution is 2.19. The fourth-order valence-corrected chi connectivity index (χ4v) is 2.62. The average Bonchev–Trinajstić information content (AvgIpc) is 2.46. The number of nitrogens with one attached hydrogen (secondary N) is 1. The lowest BCUT2D eigenvalue weighted by atomic mass is 10.0. The van der Waals surface area contributed by atoms with E-state index < -0.39 is 0 Å². The van der Waals surface area contributed by atoms with E-state index in [1.807, 2.05) is 12.1 Å². The van der Waals surface area contributed by atoms with Gasteiger partial charge in [0.25, 0.3) is 0 Å². The number of piperidine rings is 1. The molecule has 6 heteroatoms. The van der Waals surface area contributed by atoms with Crippen molar-refractivity contribution in [1.82, 2.24) is 10.2 Å². The number of hydrogen-bond acceptors (Lipinski definition) is 4. The van der Waals surface area contributed by atoms with E-state index in [2.05, 4.69) is 22.4 Å². The number of nitrogens with zero attached hydrogens (tertiary/aromatic N) is 2. The van der Waals surface area contributed by atoms with E-state index in [9.17, 15) is 0 Å². The van der Waals surface area contributed by atoms with Crippen LogP contribution in [0.15, 0.2) is 23.4 Å². The number of halogens is 1. The first-order valence-corrected chi connectivity index (χ1v) is 7.16. The number of likely N-dealkylation sites (tertiary alicyclic amines) is 1. The summed E-state index contributed by atoms with van der Waals surface area (Å²) < 4.78 is 0. The molecule has 1 heterocycles. The summed E-state index contributed by atoms with van der Waals surface area (Å²) in [7, 11) is 2.15. The molecule has 1 saturated heterocycles. The second-order valence-corrected chi connectivity index (χ2v) is 5.66. The third-order valence-electron chi connectivity index (χ3n) is 3.76. The summed E-state index contributed by atoms with van der Waals surface area (Å²) in [6.07, 6.45) is 2.33. The highest BCUT2D eigenvalue weighted by molar-refractivity contribution is 6.31. The number of rotatable bonds is 4. The van der Waals surface area contributed by atoms with Gasteiger partial charge in [0.2, 0.25) is 0 Å². The molecule has 0 aliphatic carbocycles. The summed E-state index contributed by atoms with van der Waals surface area (Å²) >= 11 is 6.23. The molecular formula is C14H21ClN4O. The van der Waals surface area contributed by atoms with E-state index in [1.54, 1.807) is 6.07 Å². The molecule has 0 aromatic heterocycles. The number of hydrogen-bond donors (Lipinski definition) is 3. The van der Waals surface area contributed by atoms with Crippen LogP contribution in [0, 0.1) is 0 Å². The Labute approximate surface area is 124 Å². The van der Waals surface area contributed by atoms with Crippen LogP contribution in [0.4, 0.5) is 0 Å². The average molecular weight is 297 g/mol. The van der Waals surface area contributed by atoms with Gasteiger partial charge in [-0.05, 0) is 44.6 Å². The van der Waals surface area contributed by atoms with Crippen molar-refractivity contribution in [3.63, 3.8) is 0 Å². The fraction of sp³-hybridized carbons (Fsp3) is 0.500. The molecule has 0 radical (unpaired) electrons. The summed E-state index contributed by atoms with van der Waals surface area (Å²) in [5, 5.41) is 15.8. The Morgan fingerprint density at radius 1 is 1.50 bits per heavy atom. The molecule has 5 nitrogen and oxygen atoms in total. The van der Waals surface area contributed by atoms with Crippen LogP contribution < -0.4 is 11.1 Å². The molecular weight excluding hydrogens is 276 g/mol. The maximum atomic E-state index is 8.65. The van der Waals surface area contributed by atoms with Gasteiger partial charge < -0.3 is 21.2 Å². The molecule has 0 atom stereocenters. The van der Waals surface area contributed by atoms with Crippen molar-refractivity contribution in [1.29, 1.82) is 0 Å². The monoisotopic (exact) mass is 296 g/mol. The minimum atomic E-state index is 0.0710. The lowest BCUT2D eigenvalue weighted by Crippen LogP contribution is -2.40. The van der Waals surface area contributed by atoms with Gasteiger partial charge in [0.15, 0.2) is 5.84 Å². The molecule has 1 fully saturated rings. The molecule has 0 bridgehead atoms. The van der Waals surface area contributed by atoms with Crippen LogP contribution in [0.3, 0.4) is 0 Å². The van der Waals surface area contributed by atoms with E-state index in [0.29, 0.717) is 16.6 Å². The van der Waals surface area contributed by atoms with Gasteiger partial charge in [0.05, 0.1) is 0 Å². The molecule has 20 heavy (non-hydrogen) atoms. The summed E-state index contributed by atoms with van der Waals surface area (Å²) in [6, 6.07) is 6.00. The standard InChI is InChI=1S/C14H21ClN4O/c1-19-6-4-12(5-7-19)17-9-11-3-2-10(8-13(11)15)14(16)18-20/h2-3,8,12,17,20H,4-7,9H2,1H3,(H2,16,18). The Bertz CT molecular complexity index is 484. The van der Waals surface area contributed by atoms with Crippen LogP contribution in [0.5, 0.6) is 0 Å². The Kier molecular flexibility index (Phi) is 5.23. The molecule has 0 unspecified atom stereocenters. The van der Waals surface area contributed by atoms with Crippen LogP contribution in [0.2, 0.25) is 5.02 Å². The largest absolute Gasteiger partial charge is 0.409 e. The lowest BCUT2D eigenvalue weighted by Gasteiger charge is -2.29. The fourth-order valence-electron chi connectivity index (χ4n) is 2.37. The quantitative estimate of drug-likeness (QED) is 0.342. The Morgan fingerprint density at radius 3 is 2.80 bits per heavy atom. The van der Waals surface area contributed by atoms with E-state index in [-0.39, 0.29) is 5.84 Å². The molecule has 1 aromatic rings. The molecule has 0 amide bonds. The van der Waals surface area contributed by atoms with Gasteiger partial charge >= 0.3 is 0 Å². The normalized spacial score (nSPS) is 18.4. The smallest absolute Gasteiger partial charge is 0.170 e. The predicted molar refractivity (Wildman–Crippen MR) is 81.3 cm³/mol. The van der Waals surface area contributed by atoms with Gasteiger partial charge in [-0.1, -0.05) is 28.9 Å². The van der Waals surface area contributed by atoms with Crippen LogP contribution in [0.25, 0.3) is 0 Å². The highest BCUT2D eigenvalue weighted by atomic mass is 35.5. The topological polar surface area (TPSA) is 73.9 Å². The van der Waals surface area contributed by atoms with Crippen molar-refractivity contribution >= 4 is 17.4 Å². The Morgan fingerprint density at radius 2 is 2.20 bits per heavy atom. The molecule has 110 valence electrons. The lowest BCUT2D eigenvalue weighted by molar-refractivity contribution is 0.234. The van der Waals surface area contributed by atoms with Gasteiger partial charge in [0, 0.05) is 23.2 Å². The van der Waals surface area contributed by atoms with Gasteiger partial charge in [-0.3, -0.25) is 0 Å². The molecule has 1 aliphatic heterocycles. The van der Waals surface area contributed by atoms with E-state index >= 15 is 0 Å². The number of nitrogens with two attached hydrogens (primary N) is 1. The van der Waals surface area contributed by atoms with Crippen LogP contribution in [0.1, 0.15) is 24.0 Å². The van der Waals surface area contributed by atoms with Crippen molar-refractivity contribution < 1.29 is 5.21 Å². The van der Waals surface area contributed by atoms with Crippen LogP contribution in [-0.4, -0.2) is 42.1 Å². The van der Waals surface area contributed by atoms with Gasteiger partial charge in [-0.2, -0.15) is 0 Å². The number of oxime groups is 1. The van der Waals surface area contributed by atoms with Crippen molar-refractivity contribution in [3.8, 4) is 0 Å². The van der Waals surface area contributed by atoms with Gasteiger partial charge in [-0.15, -0.1) is 0 Å². The summed E-state index contributed by atoms with van der Waals surface area (Å²) in [6.45, 7) is 3.01. The first kappa shape index (κ1) is 15.1. The second-order valence-electron chi connectivity index (χ2n) is 5.25. The Hall–Kier alpha value is -1.30. The zero-order valence-corrected chi connectivity index (χ0v) is 12.4. The van der Waals surface area contributed by atoms with Gasteiger partial charge in [-0.25, -0.2) is 0 Å². The zero-order chi connectivity index (χ0) is 14.5. The van der Waals surface area contributed by atoms with Gasteiger partial charge in [0.1, 0.15) is 0 Å². The van der Waals surface area contributed by atoms with Crippen LogP contribution in [-0.2, 0) is 6.54 Å². The third kappa shape index (κ3) is 3.85. The SMILES string of the molecule is CN1CCC(NCc2ccc(/C(N)=N/O)cc2Cl)CC1. The number of amidine groups is 1. The van der Waals surface area contributed by atoms with Crippen LogP contribution >= 0.6 is 11.6 Å². The van der Waals surface area contributed by atoms with E-state index in [1.165, 1.54) is 0 Å². The third-order valence-corrected chi connectivity index (χ3v) is 4.11. The first-order valence-electron chi connectivity index (χ1n) is 6.78. The second kappa shape index (κ2) is 6.92. The molecule has 2 rings (SSSR count). The minimum absolute atomic E-state index is 0.0710.